The van der Waals surface area contributed by atoms with Gasteiger partial charge in [0.2, 0.25) is 0 Å². The van der Waals surface area contributed by atoms with Gasteiger partial charge in [-0.15, -0.1) is 6.42 Å². The molecule has 0 saturated carbocycles. The van der Waals surface area contributed by atoms with Crippen molar-refractivity contribution < 1.29 is 9.21 Å². The number of hydrogen-bond donors (Lipinski definition) is 0. The second-order valence-corrected chi connectivity index (χ2v) is 6.27. The highest BCUT2D eigenvalue weighted by Gasteiger charge is 2.17. The number of nitrogens with zero attached hydrogens (tertiary/aromatic N) is 3. The van der Waals surface area contributed by atoms with Gasteiger partial charge >= 0.3 is 0 Å². The van der Waals surface area contributed by atoms with Crippen LogP contribution in [0.5, 0.6) is 0 Å². The first-order valence-electron chi connectivity index (χ1n) is 8.08. The van der Waals surface area contributed by atoms with E-state index in [9.17, 15) is 4.79 Å². The minimum absolute atomic E-state index is 0.155. The summed E-state index contributed by atoms with van der Waals surface area (Å²) in [6.07, 6.45) is 6.98. The molecule has 5 nitrogen and oxygen atoms in total. The number of rotatable bonds is 5. The highest BCUT2D eigenvalue weighted by Crippen LogP contribution is 2.22. The predicted octanol–water partition coefficient (Wildman–Crippen LogP) is 4.01. The molecule has 6 heteroatoms. The Hall–Kier alpha value is -2.97. The normalized spacial score (nSPS) is 10.5. The van der Waals surface area contributed by atoms with Crippen molar-refractivity contribution in [3.8, 4) is 18.0 Å². The van der Waals surface area contributed by atoms with Crippen molar-refractivity contribution in [2.24, 2.45) is 0 Å². The van der Waals surface area contributed by atoms with Crippen molar-refractivity contribution in [2.75, 3.05) is 6.54 Å². The Balaban J connectivity index is 1.83. The summed E-state index contributed by atoms with van der Waals surface area (Å²) in [4.78, 5) is 14.3. The first-order chi connectivity index (χ1) is 12.5. The van der Waals surface area contributed by atoms with Crippen molar-refractivity contribution in [1.29, 1.82) is 0 Å². The van der Waals surface area contributed by atoms with Gasteiger partial charge in [-0.2, -0.15) is 5.10 Å². The molecule has 2 aromatic heterocycles. The van der Waals surface area contributed by atoms with Gasteiger partial charge in [-0.25, -0.2) is 4.68 Å². The van der Waals surface area contributed by atoms with E-state index in [4.69, 9.17) is 22.4 Å². The summed E-state index contributed by atoms with van der Waals surface area (Å²) in [5, 5.41) is 5.06. The molecule has 0 bridgehead atoms. The molecule has 0 spiro atoms. The number of amides is 1. The molecule has 0 N–H and O–H groups in total. The first kappa shape index (κ1) is 17.8. The maximum atomic E-state index is 12.8. The lowest BCUT2D eigenvalue weighted by Gasteiger charge is -2.19. The van der Waals surface area contributed by atoms with Gasteiger partial charge < -0.3 is 9.32 Å². The maximum Gasteiger partial charge on any atom is 0.255 e. The molecule has 0 aliphatic rings. The highest BCUT2D eigenvalue weighted by atomic mass is 35.5. The van der Waals surface area contributed by atoms with Gasteiger partial charge in [-0.05, 0) is 50.2 Å². The zero-order valence-corrected chi connectivity index (χ0v) is 15.3. The van der Waals surface area contributed by atoms with Crippen LogP contribution >= 0.6 is 11.6 Å². The molecule has 3 rings (SSSR count). The summed E-state index contributed by atoms with van der Waals surface area (Å²) < 4.78 is 7.07. The van der Waals surface area contributed by atoms with Gasteiger partial charge in [0.25, 0.3) is 5.91 Å². The predicted molar refractivity (Wildman–Crippen MR) is 100 cm³/mol. The fraction of sp³-hybridized carbons (Fsp3) is 0.200. The van der Waals surface area contributed by atoms with Crippen molar-refractivity contribution in [2.45, 2.75) is 20.4 Å². The number of benzene rings is 1. The molecule has 0 saturated heterocycles. The van der Waals surface area contributed by atoms with Crippen LogP contribution in [-0.4, -0.2) is 27.1 Å². The van der Waals surface area contributed by atoms with Crippen LogP contribution in [0.1, 0.15) is 27.5 Å². The number of carbonyl (C=O) groups excluding carboxylic acids is 1. The number of hydrogen-bond acceptors (Lipinski definition) is 3. The Morgan fingerprint density at radius 2 is 2.04 bits per heavy atom. The summed E-state index contributed by atoms with van der Waals surface area (Å²) in [7, 11) is 0. The average Bonchev–Trinajstić information content (AvgIpc) is 3.25. The largest absolute Gasteiger partial charge is 0.467 e. The summed E-state index contributed by atoms with van der Waals surface area (Å²) in [6.45, 7) is 4.29. The van der Waals surface area contributed by atoms with Crippen LogP contribution in [0.15, 0.2) is 47.1 Å². The lowest BCUT2D eigenvalue weighted by molar-refractivity contribution is 0.0755. The number of halogens is 1. The number of aromatic nitrogens is 2. The van der Waals surface area contributed by atoms with E-state index in [0.717, 1.165) is 17.1 Å². The molecule has 0 aliphatic heterocycles. The average molecular weight is 368 g/mol. The monoisotopic (exact) mass is 367 g/mol. The Morgan fingerprint density at radius 3 is 2.58 bits per heavy atom. The smallest absolute Gasteiger partial charge is 0.255 e. The molecule has 0 fully saturated rings. The van der Waals surface area contributed by atoms with E-state index in [-0.39, 0.29) is 12.5 Å². The van der Waals surface area contributed by atoms with E-state index in [1.165, 1.54) is 0 Å². The zero-order chi connectivity index (χ0) is 18.7. The number of aryl methyl sites for hydroxylation is 1. The number of terminal acetylenes is 1. The van der Waals surface area contributed by atoms with Gasteiger partial charge in [-0.1, -0.05) is 17.5 Å². The van der Waals surface area contributed by atoms with Gasteiger partial charge in [0, 0.05) is 5.56 Å². The fourth-order valence-electron chi connectivity index (χ4n) is 2.70. The minimum Gasteiger partial charge on any atom is -0.467 e. The van der Waals surface area contributed by atoms with Crippen molar-refractivity contribution >= 4 is 17.5 Å². The van der Waals surface area contributed by atoms with Gasteiger partial charge in [-0.3, -0.25) is 4.79 Å². The highest BCUT2D eigenvalue weighted by molar-refractivity contribution is 6.31. The molecule has 132 valence electrons. The molecule has 0 atom stereocenters. The lowest BCUT2D eigenvalue weighted by atomic mass is 10.1. The number of carbonyl (C=O) groups is 1. The fourth-order valence-corrected chi connectivity index (χ4v) is 2.82. The van der Waals surface area contributed by atoms with Crippen molar-refractivity contribution in [3.05, 3.63) is 70.4 Å². The summed E-state index contributed by atoms with van der Waals surface area (Å²) in [5.41, 5.74) is 3.00. The van der Waals surface area contributed by atoms with Crippen LogP contribution in [0.25, 0.3) is 5.69 Å². The second-order valence-electron chi connectivity index (χ2n) is 5.89. The Labute approximate surface area is 157 Å². The third-order valence-electron chi connectivity index (χ3n) is 4.06. The van der Waals surface area contributed by atoms with Crippen molar-refractivity contribution in [3.63, 3.8) is 0 Å². The SMILES string of the molecule is C#CCN(Cc1ccco1)C(=O)c1ccc(-n2nc(C)c(Cl)c2C)cc1. The van der Waals surface area contributed by atoms with Gasteiger partial charge in [0.05, 0.1) is 41.5 Å². The Bertz CT molecular complexity index is 950. The third-order valence-corrected chi connectivity index (χ3v) is 4.60. The zero-order valence-electron chi connectivity index (χ0n) is 14.6. The molecule has 26 heavy (non-hydrogen) atoms. The first-order valence-corrected chi connectivity index (χ1v) is 8.46. The van der Waals surface area contributed by atoms with Crippen molar-refractivity contribution in [1.82, 2.24) is 14.7 Å². The van der Waals surface area contributed by atoms with Crippen LogP contribution in [0, 0.1) is 26.2 Å². The molecule has 3 aromatic rings. The Morgan fingerprint density at radius 1 is 1.31 bits per heavy atom. The standard InChI is InChI=1S/C20H18ClN3O2/c1-4-11-23(13-18-6-5-12-26-18)20(25)16-7-9-17(10-8-16)24-15(3)19(21)14(2)22-24/h1,5-10,12H,11,13H2,2-3H3. The molecule has 0 unspecified atom stereocenters. The molecule has 1 aromatic carbocycles. The van der Waals surface area contributed by atoms with Crippen LogP contribution in [0.3, 0.4) is 0 Å². The van der Waals surface area contributed by atoms with Crippen LogP contribution in [0.4, 0.5) is 0 Å². The van der Waals surface area contributed by atoms with Crippen LogP contribution in [-0.2, 0) is 6.54 Å². The molecular formula is C20H18ClN3O2. The Kier molecular flexibility index (Phi) is 5.15. The van der Waals surface area contributed by atoms with Gasteiger partial charge in [0.1, 0.15) is 5.76 Å². The van der Waals surface area contributed by atoms with E-state index < -0.39 is 0 Å². The summed E-state index contributed by atoms with van der Waals surface area (Å²) in [5.74, 6) is 3.05. The molecule has 0 aliphatic carbocycles. The topological polar surface area (TPSA) is 51.3 Å². The molecule has 0 radical (unpaired) electrons. The summed E-state index contributed by atoms with van der Waals surface area (Å²) in [6, 6.07) is 10.8. The lowest BCUT2D eigenvalue weighted by Crippen LogP contribution is -2.30. The second kappa shape index (κ2) is 7.51. The van der Waals surface area contributed by atoms with Crippen LogP contribution < -0.4 is 0 Å². The van der Waals surface area contributed by atoms with Gasteiger partial charge in [0.15, 0.2) is 0 Å². The maximum absolute atomic E-state index is 12.8. The summed E-state index contributed by atoms with van der Waals surface area (Å²) >= 11 is 6.20. The third kappa shape index (κ3) is 3.51. The molecule has 1 amide bonds. The van der Waals surface area contributed by atoms with E-state index in [0.29, 0.717) is 22.9 Å². The van der Waals surface area contributed by atoms with E-state index in [1.807, 2.05) is 32.0 Å². The minimum atomic E-state index is -0.155. The van der Waals surface area contributed by atoms with E-state index in [2.05, 4.69) is 11.0 Å². The molecule has 2 heterocycles. The van der Waals surface area contributed by atoms with E-state index >= 15 is 0 Å². The quantitative estimate of drug-likeness (QED) is 0.640. The molecular weight excluding hydrogens is 350 g/mol. The van der Waals surface area contributed by atoms with Crippen LogP contribution in [0.2, 0.25) is 5.02 Å². The number of furan rings is 1. The van der Waals surface area contributed by atoms with E-state index in [1.54, 1.807) is 34.0 Å².